The molecule has 0 saturated carbocycles. The van der Waals surface area contributed by atoms with Crippen LogP contribution in [-0.4, -0.2) is 45.5 Å². The second-order valence-electron chi connectivity index (χ2n) is 6.14. The molecule has 4 rings (SSSR count). The first-order valence-corrected chi connectivity index (χ1v) is 8.70. The zero-order chi connectivity index (χ0) is 17.8. The summed E-state index contributed by atoms with van der Waals surface area (Å²) in [6, 6.07) is 9.37. The second kappa shape index (κ2) is 7.59. The number of rotatable bonds is 5. The summed E-state index contributed by atoms with van der Waals surface area (Å²) in [7, 11) is 0. The molecule has 0 aliphatic carbocycles. The van der Waals surface area contributed by atoms with Crippen molar-refractivity contribution in [3.05, 3.63) is 42.7 Å². The fourth-order valence-electron chi connectivity index (χ4n) is 2.97. The Morgan fingerprint density at radius 3 is 2.96 bits per heavy atom. The summed E-state index contributed by atoms with van der Waals surface area (Å²) in [6.45, 7) is 0.873. The Balaban J connectivity index is 1.59. The Morgan fingerprint density at radius 1 is 1.27 bits per heavy atom. The van der Waals surface area contributed by atoms with Gasteiger partial charge in [-0.2, -0.15) is 10.1 Å². The van der Waals surface area contributed by atoms with Crippen molar-refractivity contribution in [2.45, 2.75) is 25.5 Å². The van der Waals surface area contributed by atoms with Gasteiger partial charge in [0.05, 0.1) is 23.8 Å². The molecule has 3 aromatic rings. The van der Waals surface area contributed by atoms with Gasteiger partial charge < -0.3 is 4.74 Å². The van der Waals surface area contributed by atoms with Crippen LogP contribution in [0.15, 0.2) is 42.7 Å². The number of aromatic nitrogens is 4. The van der Waals surface area contributed by atoms with Crippen LogP contribution >= 0.6 is 0 Å². The number of nitrogens with zero attached hydrogens (tertiary/aromatic N) is 4. The van der Waals surface area contributed by atoms with E-state index < -0.39 is 0 Å². The summed E-state index contributed by atoms with van der Waals surface area (Å²) in [5, 5.41) is 10.7. The van der Waals surface area contributed by atoms with Crippen molar-refractivity contribution in [1.29, 1.82) is 0 Å². The van der Waals surface area contributed by atoms with Gasteiger partial charge in [-0.15, -0.1) is 0 Å². The highest BCUT2D eigenvalue weighted by Gasteiger charge is 2.23. The highest BCUT2D eigenvalue weighted by atomic mass is 16.5. The van der Waals surface area contributed by atoms with Crippen LogP contribution in [0.5, 0.6) is 0 Å². The van der Waals surface area contributed by atoms with E-state index in [0.29, 0.717) is 17.3 Å². The van der Waals surface area contributed by atoms with Crippen molar-refractivity contribution in [3.8, 4) is 0 Å². The summed E-state index contributed by atoms with van der Waals surface area (Å²) in [5.74, 6) is 0.161. The molecule has 2 N–H and O–H groups in total. The number of fused-ring (bicyclic) bond motifs is 1. The molecule has 0 radical (unpaired) electrons. The van der Waals surface area contributed by atoms with E-state index in [2.05, 4.69) is 25.5 Å². The van der Waals surface area contributed by atoms with Gasteiger partial charge in [0.1, 0.15) is 6.23 Å². The van der Waals surface area contributed by atoms with Gasteiger partial charge in [-0.1, -0.05) is 18.2 Å². The third-order valence-corrected chi connectivity index (χ3v) is 4.30. The number of aromatic amines is 1. The third-order valence-electron chi connectivity index (χ3n) is 4.30. The monoisotopic (exact) mass is 352 g/mol. The zero-order valence-corrected chi connectivity index (χ0v) is 14.3. The molecule has 2 aromatic heterocycles. The first-order chi connectivity index (χ1) is 12.8. The van der Waals surface area contributed by atoms with Gasteiger partial charge in [0, 0.05) is 12.8 Å². The molecule has 0 bridgehead atoms. The quantitative estimate of drug-likeness (QED) is 0.730. The number of benzene rings is 1. The Labute approximate surface area is 150 Å². The van der Waals surface area contributed by atoms with Crippen LogP contribution in [0.3, 0.4) is 0 Å². The van der Waals surface area contributed by atoms with Crippen molar-refractivity contribution >= 4 is 28.6 Å². The van der Waals surface area contributed by atoms with E-state index in [1.807, 2.05) is 30.3 Å². The van der Waals surface area contributed by atoms with Crippen molar-refractivity contribution in [2.24, 2.45) is 0 Å². The lowest BCUT2D eigenvalue weighted by molar-refractivity contribution is -0.118. The molecular formula is C18H20N6O2. The molecule has 1 atom stereocenters. The predicted molar refractivity (Wildman–Crippen MR) is 96.9 cm³/mol. The maximum absolute atomic E-state index is 13.0. The van der Waals surface area contributed by atoms with E-state index in [1.54, 1.807) is 12.4 Å². The number of hydrogen-bond acceptors (Lipinski definition) is 6. The van der Waals surface area contributed by atoms with E-state index in [-0.39, 0.29) is 18.7 Å². The average molecular weight is 352 g/mol. The normalized spacial score (nSPS) is 17.3. The summed E-state index contributed by atoms with van der Waals surface area (Å²) < 4.78 is 5.64. The number of ether oxygens (including phenoxy) is 1. The first-order valence-electron chi connectivity index (χ1n) is 8.70. The number of carbonyl (C=O) groups is 1. The molecule has 1 aliphatic heterocycles. The molecule has 0 spiro atoms. The van der Waals surface area contributed by atoms with E-state index in [9.17, 15) is 4.79 Å². The number of nitrogens with one attached hydrogen (secondary N) is 2. The summed E-state index contributed by atoms with van der Waals surface area (Å²) >= 11 is 0. The van der Waals surface area contributed by atoms with E-state index in [4.69, 9.17) is 4.74 Å². The van der Waals surface area contributed by atoms with Crippen molar-refractivity contribution in [3.63, 3.8) is 0 Å². The molecule has 1 amide bonds. The smallest absolute Gasteiger partial charge is 0.247 e. The highest BCUT2D eigenvalue weighted by molar-refractivity contribution is 6.00. The number of anilines is 2. The van der Waals surface area contributed by atoms with Crippen LogP contribution in [-0.2, 0) is 9.53 Å². The number of carbonyl (C=O) groups excluding carboxylic acids is 1. The Hall–Kier alpha value is -2.84. The molecule has 8 heteroatoms. The van der Waals surface area contributed by atoms with Gasteiger partial charge in [0.15, 0.2) is 5.65 Å². The molecule has 1 saturated heterocycles. The van der Waals surface area contributed by atoms with Gasteiger partial charge in [0.25, 0.3) is 0 Å². The minimum absolute atomic E-state index is 0.0821. The van der Waals surface area contributed by atoms with Gasteiger partial charge >= 0.3 is 0 Å². The highest BCUT2D eigenvalue weighted by Crippen LogP contribution is 2.23. The molecule has 3 heterocycles. The minimum atomic E-state index is -0.149. The third kappa shape index (κ3) is 3.56. The van der Waals surface area contributed by atoms with Crippen LogP contribution in [0.4, 0.5) is 11.6 Å². The lowest BCUT2D eigenvalue weighted by Crippen LogP contribution is -2.42. The Bertz CT molecular complexity index is 876. The van der Waals surface area contributed by atoms with Crippen molar-refractivity contribution < 1.29 is 9.53 Å². The van der Waals surface area contributed by atoms with Crippen LogP contribution in [0.1, 0.15) is 19.3 Å². The molecule has 1 aliphatic rings. The molecule has 134 valence electrons. The maximum Gasteiger partial charge on any atom is 0.247 e. The van der Waals surface area contributed by atoms with Crippen molar-refractivity contribution in [2.75, 3.05) is 18.1 Å². The molecule has 1 fully saturated rings. The standard InChI is InChI=1S/C18H20N6O2/c25-16(12-19-15-8-4-5-9-26-15)24(14-6-2-1-3-7-14)18-20-10-13-11-21-23-17(13)22-18/h1-3,6-7,10-11,15,19H,4-5,8-9,12H2,(H,20,21,22,23). The summed E-state index contributed by atoms with van der Waals surface area (Å²) in [6.07, 6.45) is 6.31. The number of hydrogen-bond donors (Lipinski definition) is 2. The maximum atomic E-state index is 13.0. The van der Waals surface area contributed by atoms with Crippen molar-refractivity contribution in [1.82, 2.24) is 25.5 Å². The molecule has 26 heavy (non-hydrogen) atoms. The van der Waals surface area contributed by atoms with Crippen LogP contribution < -0.4 is 10.2 Å². The minimum Gasteiger partial charge on any atom is -0.363 e. The number of H-pyrrole nitrogens is 1. The fourth-order valence-corrected chi connectivity index (χ4v) is 2.97. The topological polar surface area (TPSA) is 96.0 Å². The summed E-state index contributed by atoms with van der Waals surface area (Å²) in [5.41, 5.74) is 1.30. The van der Waals surface area contributed by atoms with E-state index >= 15 is 0 Å². The van der Waals surface area contributed by atoms with E-state index in [0.717, 1.165) is 31.3 Å². The lowest BCUT2D eigenvalue weighted by Gasteiger charge is -2.25. The molecule has 1 aromatic carbocycles. The SMILES string of the molecule is O=C(CNC1CCCCO1)N(c1ccccc1)c1ncc2cn[nH]c2n1. The predicted octanol–water partition coefficient (Wildman–Crippen LogP) is 2.13. The molecule has 8 nitrogen and oxygen atoms in total. The lowest BCUT2D eigenvalue weighted by atomic mass is 10.2. The fraction of sp³-hybridized carbons (Fsp3) is 0.333. The largest absolute Gasteiger partial charge is 0.363 e. The second-order valence-corrected chi connectivity index (χ2v) is 6.14. The van der Waals surface area contributed by atoms with Crippen LogP contribution in [0.2, 0.25) is 0 Å². The number of amides is 1. The molecular weight excluding hydrogens is 332 g/mol. The molecule has 1 unspecified atom stereocenters. The average Bonchev–Trinajstić information content (AvgIpc) is 3.16. The Kier molecular flexibility index (Phi) is 4.85. The van der Waals surface area contributed by atoms with Crippen LogP contribution in [0.25, 0.3) is 11.0 Å². The van der Waals surface area contributed by atoms with Gasteiger partial charge in [-0.25, -0.2) is 9.88 Å². The Morgan fingerprint density at radius 2 is 2.15 bits per heavy atom. The van der Waals surface area contributed by atoms with Crippen LogP contribution in [0, 0.1) is 0 Å². The van der Waals surface area contributed by atoms with Gasteiger partial charge in [-0.3, -0.25) is 15.2 Å². The number of para-hydroxylation sites is 1. The first kappa shape index (κ1) is 16.6. The van der Waals surface area contributed by atoms with Gasteiger partial charge in [-0.05, 0) is 31.4 Å². The van der Waals surface area contributed by atoms with E-state index in [1.165, 1.54) is 4.90 Å². The zero-order valence-electron chi connectivity index (χ0n) is 14.3. The summed E-state index contributed by atoms with van der Waals surface area (Å²) in [4.78, 5) is 23.3. The van der Waals surface area contributed by atoms with Gasteiger partial charge in [0.2, 0.25) is 11.9 Å².